The van der Waals surface area contributed by atoms with Gasteiger partial charge >= 0.3 is 160 Å². The van der Waals surface area contributed by atoms with Crippen molar-refractivity contribution in [2.45, 2.75) is 128 Å². The molecule has 0 aliphatic rings. The molecule has 0 spiro atoms. The van der Waals surface area contributed by atoms with Gasteiger partial charge in [0.25, 0.3) is 0 Å². The van der Waals surface area contributed by atoms with Gasteiger partial charge in [0.05, 0.1) is 0 Å². The van der Waals surface area contributed by atoms with E-state index in [1.807, 2.05) is 0 Å². The molecule has 0 heterocycles. The van der Waals surface area contributed by atoms with Crippen molar-refractivity contribution in [2.75, 3.05) is 0 Å². The van der Waals surface area contributed by atoms with Crippen molar-refractivity contribution in [3.8, 4) is 0 Å². The second-order valence-electron chi connectivity index (χ2n) is 9.83. The maximum absolute atomic E-state index is 2.36. The molecule has 0 radical (unpaired) electrons. The summed E-state index contributed by atoms with van der Waals surface area (Å²) in [6.45, 7) is 2.30. The van der Waals surface area contributed by atoms with E-state index in [-0.39, 0.29) is 0 Å². The number of benzene rings is 2. The van der Waals surface area contributed by atoms with E-state index in [2.05, 4.69) is 67.6 Å². The van der Waals surface area contributed by atoms with E-state index in [1.54, 1.807) is 8.70 Å². The Morgan fingerprint density at radius 1 is 0.394 bits per heavy atom. The van der Waals surface area contributed by atoms with Gasteiger partial charge in [0, 0.05) is 0 Å². The van der Waals surface area contributed by atoms with Crippen molar-refractivity contribution in [1.29, 1.82) is 0 Å². The molecule has 0 bridgehead atoms. The Kier molecular flexibility index (Phi) is 17.4. The van der Waals surface area contributed by atoms with Crippen LogP contribution in [0.1, 0.15) is 122 Å². The number of unbranched alkanes of at least 4 members (excludes halogenated alkanes) is 17. The zero-order valence-corrected chi connectivity index (χ0v) is 23.5. The van der Waals surface area contributed by atoms with Gasteiger partial charge in [-0.2, -0.15) is 0 Å². The van der Waals surface area contributed by atoms with Gasteiger partial charge in [0.1, 0.15) is 0 Å². The van der Waals surface area contributed by atoms with Crippen LogP contribution in [0.4, 0.5) is 0 Å². The summed E-state index contributed by atoms with van der Waals surface area (Å²) in [6.07, 6.45) is 26.1. The van der Waals surface area contributed by atoms with Crippen molar-refractivity contribution in [2.24, 2.45) is 0 Å². The Hall–Kier alpha value is -1.00. The van der Waals surface area contributed by atoms with Crippen molar-refractivity contribution in [1.82, 2.24) is 0 Å². The quantitative estimate of drug-likeness (QED) is 0.116. The van der Waals surface area contributed by atoms with E-state index in [0.717, 1.165) is 0 Å². The number of hydrogen-bond donors (Lipinski definition) is 0. The molecule has 2 aromatic rings. The summed E-state index contributed by atoms with van der Waals surface area (Å²) < 4.78 is 3.23. The first-order chi connectivity index (χ1) is 16.4. The Bertz CT molecular complexity index is 611. The molecule has 2 rings (SSSR count). The fourth-order valence-corrected chi connectivity index (χ4v) is 9.87. The summed E-state index contributed by atoms with van der Waals surface area (Å²) in [5, 5.41) is 1.42. The van der Waals surface area contributed by atoms with Crippen LogP contribution >= 0.6 is 0 Å². The van der Waals surface area contributed by atoms with Gasteiger partial charge in [-0.1, -0.05) is 51.9 Å². The molecule has 0 aliphatic heterocycles. The molecule has 0 aliphatic carbocycles. The van der Waals surface area contributed by atoms with Gasteiger partial charge in [0.2, 0.25) is 0 Å². The van der Waals surface area contributed by atoms with Gasteiger partial charge in [0.15, 0.2) is 0 Å². The van der Waals surface area contributed by atoms with E-state index in [1.165, 1.54) is 121 Å². The molecule has 0 saturated carbocycles. The Balaban J connectivity index is 1.41. The van der Waals surface area contributed by atoms with Gasteiger partial charge < -0.3 is 0 Å². The second kappa shape index (κ2) is 20.4. The molecule has 0 amide bonds. The normalized spacial score (nSPS) is 11.3. The molecule has 0 N–H and O–H groups in total. The van der Waals surface area contributed by atoms with Crippen LogP contribution in [0.15, 0.2) is 60.7 Å². The van der Waals surface area contributed by atoms with Crippen molar-refractivity contribution >= 4 is 23.4 Å². The molecule has 0 aromatic heterocycles. The Morgan fingerprint density at radius 3 is 1.03 bits per heavy atom. The second-order valence-corrected chi connectivity index (χ2v) is 14.7. The summed E-state index contributed by atoms with van der Waals surface area (Å²) >= 11 is -1.13. The van der Waals surface area contributed by atoms with Gasteiger partial charge in [-0.25, -0.2) is 0 Å². The van der Waals surface area contributed by atoms with Crippen LogP contribution in [0.2, 0.25) is 5.21 Å². The predicted octanol–water partition coefficient (Wildman–Crippen LogP) is 9.34. The Labute approximate surface area is 211 Å². The van der Waals surface area contributed by atoms with Gasteiger partial charge in [-0.05, 0) is 0 Å². The number of hydrogen-bond acceptors (Lipinski definition) is 0. The molecule has 0 nitrogen and oxygen atoms in total. The van der Waals surface area contributed by atoms with Crippen LogP contribution in [0.5, 0.6) is 0 Å². The third kappa shape index (κ3) is 14.1. The molecular formula is C32H51As. The maximum atomic E-state index is 2.36. The van der Waals surface area contributed by atoms with E-state index in [9.17, 15) is 0 Å². The molecule has 0 atom stereocenters. The van der Waals surface area contributed by atoms with E-state index < -0.39 is 14.7 Å². The van der Waals surface area contributed by atoms with Gasteiger partial charge in [-0.3, -0.25) is 0 Å². The first kappa shape index (κ1) is 28.2. The van der Waals surface area contributed by atoms with Crippen LogP contribution in [-0.4, -0.2) is 14.7 Å². The summed E-state index contributed by atoms with van der Waals surface area (Å²) in [5.74, 6) is 0. The summed E-state index contributed by atoms with van der Waals surface area (Å²) in [7, 11) is 0. The fraction of sp³-hybridized carbons (Fsp3) is 0.625. The molecule has 0 saturated heterocycles. The zero-order valence-electron chi connectivity index (χ0n) is 21.7. The summed E-state index contributed by atoms with van der Waals surface area (Å²) in [4.78, 5) is 0. The molecule has 0 fully saturated rings. The molecule has 184 valence electrons. The van der Waals surface area contributed by atoms with Crippen LogP contribution in [-0.2, 0) is 0 Å². The zero-order chi connectivity index (χ0) is 23.2. The average molecular weight is 511 g/mol. The van der Waals surface area contributed by atoms with Crippen LogP contribution in [0.3, 0.4) is 0 Å². The topological polar surface area (TPSA) is 0 Å². The van der Waals surface area contributed by atoms with Gasteiger partial charge in [-0.15, -0.1) is 0 Å². The average Bonchev–Trinajstić information content (AvgIpc) is 2.86. The van der Waals surface area contributed by atoms with E-state index in [4.69, 9.17) is 0 Å². The third-order valence-corrected chi connectivity index (χ3v) is 12.3. The third-order valence-electron chi connectivity index (χ3n) is 6.87. The van der Waals surface area contributed by atoms with E-state index in [0.29, 0.717) is 0 Å². The molecule has 2 aromatic carbocycles. The van der Waals surface area contributed by atoms with Crippen LogP contribution < -0.4 is 8.70 Å². The monoisotopic (exact) mass is 510 g/mol. The first-order valence-corrected chi connectivity index (χ1v) is 17.5. The number of rotatable bonds is 21. The molecule has 0 unspecified atom stereocenters. The van der Waals surface area contributed by atoms with E-state index >= 15 is 0 Å². The summed E-state index contributed by atoms with van der Waals surface area (Å²) in [6, 6.07) is 22.6. The Morgan fingerprint density at radius 2 is 0.697 bits per heavy atom. The van der Waals surface area contributed by atoms with Crippen LogP contribution in [0.25, 0.3) is 0 Å². The minimum absolute atomic E-state index is 1.13. The minimum atomic E-state index is -1.13. The summed E-state index contributed by atoms with van der Waals surface area (Å²) in [5.41, 5.74) is 0. The molecule has 33 heavy (non-hydrogen) atoms. The standard InChI is InChI=1S/C32H51As/c1-2-3-4-5-6-7-8-9-10-11-12-13-14-15-16-17-18-25-30-33(31-26-21-19-22-27-31)32-28-23-20-24-29-32/h19-24,26-29H,2-18,25,30H2,1H3. The van der Waals surface area contributed by atoms with Crippen LogP contribution in [0, 0.1) is 0 Å². The predicted molar refractivity (Wildman–Crippen MR) is 151 cm³/mol. The van der Waals surface area contributed by atoms with Crippen molar-refractivity contribution < 1.29 is 0 Å². The first-order valence-electron chi connectivity index (χ1n) is 14.3. The van der Waals surface area contributed by atoms with Crippen molar-refractivity contribution in [3.05, 3.63) is 60.7 Å². The SMILES string of the molecule is CCCCCCCCCCCCCCCCCCCC[As](c1ccccc1)c1ccccc1. The molecule has 1 heteroatoms. The fourth-order valence-electron chi connectivity index (χ4n) is 4.79. The molecular weight excluding hydrogens is 459 g/mol. The van der Waals surface area contributed by atoms with Crippen molar-refractivity contribution in [3.63, 3.8) is 0 Å².